The van der Waals surface area contributed by atoms with Gasteiger partial charge in [0.1, 0.15) is 5.65 Å². The van der Waals surface area contributed by atoms with Crippen LogP contribution in [0.2, 0.25) is 0 Å². The summed E-state index contributed by atoms with van der Waals surface area (Å²) in [4.78, 5) is 12.8. The van der Waals surface area contributed by atoms with Crippen LogP contribution in [0.5, 0.6) is 0 Å². The van der Waals surface area contributed by atoms with Gasteiger partial charge in [-0.2, -0.15) is 5.10 Å². The highest BCUT2D eigenvalue weighted by atomic mass is 15.2. The molecule has 29 heavy (non-hydrogen) atoms. The Labute approximate surface area is 170 Å². The molecule has 0 atom stereocenters. The molecule has 0 aliphatic carbocycles. The van der Waals surface area contributed by atoms with Crippen molar-refractivity contribution in [2.24, 2.45) is 7.05 Å². The number of piperazine rings is 1. The van der Waals surface area contributed by atoms with Gasteiger partial charge in [0.05, 0.1) is 6.20 Å². The summed E-state index contributed by atoms with van der Waals surface area (Å²) in [7, 11) is 4.13. The van der Waals surface area contributed by atoms with Gasteiger partial charge in [0.25, 0.3) is 0 Å². The molecule has 0 spiro atoms. The maximum atomic E-state index is 4.64. The van der Waals surface area contributed by atoms with Crippen molar-refractivity contribution in [1.29, 1.82) is 0 Å². The zero-order valence-corrected chi connectivity index (χ0v) is 17.0. The van der Waals surface area contributed by atoms with E-state index in [1.807, 2.05) is 36.5 Å². The molecule has 1 fully saturated rings. The van der Waals surface area contributed by atoms with Gasteiger partial charge in [-0.3, -0.25) is 9.58 Å². The Kier molecular flexibility index (Phi) is 4.66. The maximum Gasteiger partial charge on any atom is 0.137 e. The van der Waals surface area contributed by atoms with Gasteiger partial charge < -0.3 is 9.88 Å². The Morgan fingerprint density at radius 3 is 2.45 bits per heavy atom. The lowest BCUT2D eigenvalue weighted by Gasteiger charge is -2.32. The molecule has 0 unspecified atom stereocenters. The Bertz CT molecular complexity index is 1120. The maximum absolute atomic E-state index is 4.64. The van der Waals surface area contributed by atoms with Gasteiger partial charge in [-0.1, -0.05) is 24.3 Å². The molecule has 3 aromatic heterocycles. The number of aromatic amines is 1. The van der Waals surface area contributed by atoms with Crippen LogP contribution < -0.4 is 0 Å². The van der Waals surface area contributed by atoms with Crippen molar-refractivity contribution < 1.29 is 0 Å². The summed E-state index contributed by atoms with van der Waals surface area (Å²) in [6, 6.07) is 11.1. The second-order valence-electron chi connectivity index (χ2n) is 8.00. The molecule has 1 N–H and O–H groups in total. The predicted octanol–water partition coefficient (Wildman–Crippen LogP) is 3.38. The first-order valence-corrected chi connectivity index (χ1v) is 10.1. The molecule has 1 saturated heterocycles. The SMILES string of the molecule is CN1CCN(Cc2ccc(-c3cnc4[nH]cc(-c5cnn(C)c5)c4c3)cc2)CC1. The first kappa shape index (κ1) is 18.1. The highest BCUT2D eigenvalue weighted by molar-refractivity contribution is 5.95. The van der Waals surface area contributed by atoms with Crippen molar-refractivity contribution in [3.8, 4) is 22.3 Å². The number of aromatic nitrogens is 4. The zero-order valence-electron chi connectivity index (χ0n) is 17.0. The number of aryl methyl sites for hydroxylation is 1. The fourth-order valence-corrected chi connectivity index (χ4v) is 4.03. The van der Waals surface area contributed by atoms with E-state index in [9.17, 15) is 0 Å². The van der Waals surface area contributed by atoms with Gasteiger partial charge >= 0.3 is 0 Å². The van der Waals surface area contributed by atoms with Crippen molar-refractivity contribution in [3.63, 3.8) is 0 Å². The first-order valence-electron chi connectivity index (χ1n) is 10.1. The summed E-state index contributed by atoms with van der Waals surface area (Å²) in [5.74, 6) is 0. The fourth-order valence-electron chi connectivity index (χ4n) is 4.03. The summed E-state index contributed by atoms with van der Waals surface area (Å²) in [5, 5.41) is 5.42. The average molecular weight is 387 g/mol. The van der Waals surface area contributed by atoms with Gasteiger partial charge in [0, 0.05) is 80.4 Å². The van der Waals surface area contributed by atoms with Crippen LogP contribution in [0.25, 0.3) is 33.3 Å². The molecule has 5 rings (SSSR count). The summed E-state index contributed by atoms with van der Waals surface area (Å²) >= 11 is 0. The number of hydrogen-bond donors (Lipinski definition) is 1. The molecule has 6 nitrogen and oxygen atoms in total. The van der Waals surface area contributed by atoms with E-state index in [-0.39, 0.29) is 0 Å². The number of nitrogens with one attached hydrogen (secondary N) is 1. The van der Waals surface area contributed by atoms with Crippen molar-refractivity contribution in [1.82, 2.24) is 29.5 Å². The van der Waals surface area contributed by atoms with Crippen molar-refractivity contribution in [3.05, 3.63) is 60.7 Å². The number of hydrogen-bond acceptors (Lipinski definition) is 4. The first-order chi connectivity index (χ1) is 14.2. The fraction of sp³-hybridized carbons (Fsp3) is 0.304. The molecule has 1 aromatic carbocycles. The summed E-state index contributed by atoms with van der Waals surface area (Å²) in [5.41, 5.74) is 6.83. The number of fused-ring (bicyclic) bond motifs is 1. The van der Waals surface area contributed by atoms with E-state index >= 15 is 0 Å². The smallest absolute Gasteiger partial charge is 0.137 e. The van der Waals surface area contributed by atoms with Gasteiger partial charge in [-0.05, 0) is 24.2 Å². The Balaban J connectivity index is 1.39. The van der Waals surface area contributed by atoms with E-state index in [1.165, 1.54) is 11.1 Å². The molecule has 4 aromatic rings. The van der Waals surface area contributed by atoms with E-state index < -0.39 is 0 Å². The van der Waals surface area contributed by atoms with E-state index in [4.69, 9.17) is 0 Å². The summed E-state index contributed by atoms with van der Waals surface area (Å²) < 4.78 is 1.82. The zero-order chi connectivity index (χ0) is 19.8. The average Bonchev–Trinajstić information content (AvgIpc) is 3.35. The topological polar surface area (TPSA) is 53.0 Å². The molecule has 0 bridgehead atoms. The van der Waals surface area contributed by atoms with Crippen LogP contribution in [-0.2, 0) is 13.6 Å². The summed E-state index contributed by atoms with van der Waals surface area (Å²) in [6.07, 6.45) is 7.88. The lowest BCUT2D eigenvalue weighted by molar-refractivity contribution is 0.148. The van der Waals surface area contributed by atoms with Crippen molar-refractivity contribution >= 4 is 11.0 Å². The largest absolute Gasteiger partial charge is 0.346 e. The third-order valence-electron chi connectivity index (χ3n) is 5.84. The molecule has 1 aliphatic rings. The van der Waals surface area contributed by atoms with Gasteiger partial charge in [-0.25, -0.2) is 4.98 Å². The second-order valence-corrected chi connectivity index (χ2v) is 8.00. The number of pyridine rings is 1. The molecule has 1 aliphatic heterocycles. The van der Waals surface area contributed by atoms with Gasteiger partial charge in [0.15, 0.2) is 0 Å². The number of H-pyrrole nitrogens is 1. The quantitative estimate of drug-likeness (QED) is 0.584. The molecule has 148 valence electrons. The predicted molar refractivity (Wildman–Crippen MR) is 117 cm³/mol. The number of nitrogens with zero attached hydrogens (tertiary/aromatic N) is 5. The van der Waals surface area contributed by atoms with E-state index in [0.29, 0.717) is 0 Å². The third-order valence-corrected chi connectivity index (χ3v) is 5.84. The van der Waals surface area contributed by atoms with E-state index in [0.717, 1.165) is 60.4 Å². The van der Waals surface area contributed by atoms with Crippen LogP contribution in [0.4, 0.5) is 0 Å². The lowest BCUT2D eigenvalue weighted by Crippen LogP contribution is -2.43. The molecule has 0 saturated carbocycles. The van der Waals surface area contributed by atoms with Crippen LogP contribution in [0, 0.1) is 0 Å². The Morgan fingerprint density at radius 1 is 0.931 bits per heavy atom. The Hall–Kier alpha value is -2.96. The van der Waals surface area contributed by atoms with Crippen LogP contribution in [0.3, 0.4) is 0 Å². The number of benzene rings is 1. The lowest BCUT2D eigenvalue weighted by atomic mass is 10.0. The molecule has 0 amide bonds. The van der Waals surface area contributed by atoms with Crippen molar-refractivity contribution in [2.75, 3.05) is 33.2 Å². The second kappa shape index (κ2) is 7.46. The van der Waals surface area contributed by atoms with Gasteiger partial charge in [-0.15, -0.1) is 0 Å². The number of likely N-dealkylation sites (N-methyl/N-ethyl adjacent to an activating group) is 1. The number of rotatable bonds is 4. The van der Waals surface area contributed by atoms with Crippen LogP contribution >= 0.6 is 0 Å². The van der Waals surface area contributed by atoms with Crippen LogP contribution in [-0.4, -0.2) is 62.8 Å². The molecular weight excluding hydrogens is 360 g/mol. The minimum atomic E-state index is 0.902. The summed E-state index contributed by atoms with van der Waals surface area (Å²) in [6.45, 7) is 5.61. The van der Waals surface area contributed by atoms with Gasteiger partial charge in [0.2, 0.25) is 0 Å². The van der Waals surface area contributed by atoms with Crippen LogP contribution in [0.15, 0.2) is 55.1 Å². The molecule has 6 heteroatoms. The highest BCUT2D eigenvalue weighted by Gasteiger charge is 2.14. The van der Waals surface area contributed by atoms with E-state index in [1.54, 1.807) is 0 Å². The van der Waals surface area contributed by atoms with E-state index in [2.05, 4.69) is 62.2 Å². The third kappa shape index (κ3) is 3.69. The Morgan fingerprint density at radius 2 is 1.72 bits per heavy atom. The monoisotopic (exact) mass is 386 g/mol. The minimum absolute atomic E-state index is 0.902. The highest BCUT2D eigenvalue weighted by Crippen LogP contribution is 2.30. The molecular formula is C23H26N6. The van der Waals surface area contributed by atoms with Crippen LogP contribution in [0.1, 0.15) is 5.56 Å². The minimum Gasteiger partial charge on any atom is -0.346 e. The molecule has 0 radical (unpaired) electrons. The van der Waals surface area contributed by atoms with Crippen molar-refractivity contribution in [2.45, 2.75) is 6.54 Å². The standard InChI is InChI=1S/C23H26N6/c1-27-7-9-29(10-8-27)15-17-3-5-18(6-4-17)19-11-21-22(14-25-23(21)24-12-19)20-13-26-28(2)16-20/h3-6,11-14,16H,7-10,15H2,1-2H3,(H,24,25). The normalized spacial score (nSPS) is 15.9. The molecule has 4 heterocycles.